The van der Waals surface area contributed by atoms with Crippen molar-refractivity contribution in [2.75, 3.05) is 5.32 Å². The minimum atomic E-state index is 0.481. The first-order chi connectivity index (χ1) is 9.40. The van der Waals surface area contributed by atoms with Crippen molar-refractivity contribution in [3.8, 4) is 0 Å². The third-order valence-corrected chi connectivity index (χ3v) is 3.89. The Morgan fingerprint density at radius 1 is 1.16 bits per heavy atom. The van der Waals surface area contributed by atoms with Gasteiger partial charge in [-0.15, -0.1) is 0 Å². The highest BCUT2D eigenvalue weighted by Crippen LogP contribution is 2.42. The van der Waals surface area contributed by atoms with E-state index in [9.17, 15) is 0 Å². The van der Waals surface area contributed by atoms with E-state index in [1.54, 1.807) is 0 Å². The Labute approximate surface area is 112 Å². The van der Waals surface area contributed by atoms with Gasteiger partial charge in [-0.05, 0) is 12.0 Å². The summed E-state index contributed by atoms with van der Waals surface area (Å²) < 4.78 is 0. The van der Waals surface area contributed by atoms with Gasteiger partial charge in [-0.25, -0.2) is 9.97 Å². The number of nitrogens with one attached hydrogen (secondary N) is 2. The fourth-order valence-corrected chi connectivity index (χ4v) is 2.72. The highest BCUT2D eigenvalue weighted by Gasteiger charge is 2.38. The molecule has 2 N–H and O–H groups in total. The van der Waals surface area contributed by atoms with E-state index < -0.39 is 0 Å². The van der Waals surface area contributed by atoms with Crippen LogP contribution in [0, 0.1) is 0 Å². The lowest BCUT2D eigenvalue weighted by Gasteiger charge is -2.05. The van der Waals surface area contributed by atoms with E-state index in [0.29, 0.717) is 12.0 Å². The molecule has 1 aromatic carbocycles. The average molecular weight is 252 g/mol. The van der Waals surface area contributed by atoms with Crippen molar-refractivity contribution < 1.29 is 0 Å². The molecule has 1 aliphatic carbocycles. The standard InChI is InChI=1S/C15H16N4/c1-2-4-10(5-3-1)12-6-13(12)18-15-17-8-11-7-16-9-14(11)19-15/h1-5,8,12-13,16H,6-7,9H2,(H,17,18,19). The molecule has 19 heavy (non-hydrogen) atoms. The number of rotatable bonds is 3. The molecule has 2 aromatic rings. The third kappa shape index (κ3) is 2.08. The fourth-order valence-electron chi connectivity index (χ4n) is 2.72. The summed E-state index contributed by atoms with van der Waals surface area (Å²) in [6, 6.07) is 11.1. The van der Waals surface area contributed by atoms with Crippen molar-refractivity contribution in [3.63, 3.8) is 0 Å². The molecule has 2 aliphatic rings. The largest absolute Gasteiger partial charge is 0.351 e. The van der Waals surface area contributed by atoms with E-state index in [0.717, 1.165) is 24.7 Å². The van der Waals surface area contributed by atoms with E-state index in [1.807, 2.05) is 6.20 Å². The van der Waals surface area contributed by atoms with Crippen molar-refractivity contribution >= 4 is 5.95 Å². The maximum atomic E-state index is 4.58. The summed E-state index contributed by atoms with van der Waals surface area (Å²) in [5.41, 5.74) is 3.76. The molecule has 1 aromatic heterocycles. The lowest BCUT2D eigenvalue weighted by atomic mass is 10.1. The quantitative estimate of drug-likeness (QED) is 0.877. The Bertz CT molecular complexity index is 596. The molecule has 0 radical (unpaired) electrons. The molecule has 2 heterocycles. The molecule has 4 heteroatoms. The van der Waals surface area contributed by atoms with Crippen molar-refractivity contribution in [2.24, 2.45) is 0 Å². The summed E-state index contributed by atoms with van der Waals surface area (Å²) in [5.74, 6) is 1.38. The lowest BCUT2D eigenvalue weighted by Crippen LogP contribution is -2.09. The number of nitrogens with zero attached hydrogens (tertiary/aromatic N) is 2. The van der Waals surface area contributed by atoms with E-state index in [-0.39, 0.29) is 0 Å². The molecule has 2 unspecified atom stereocenters. The summed E-state index contributed by atoms with van der Waals surface area (Å²) in [4.78, 5) is 8.97. The number of aromatic nitrogens is 2. The SMILES string of the molecule is c1ccc(C2CC2Nc2ncc3c(n2)CNC3)cc1. The number of fused-ring (bicyclic) bond motifs is 1. The first-order valence-electron chi connectivity index (χ1n) is 6.77. The van der Waals surface area contributed by atoms with E-state index in [1.165, 1.54) is 17.5 Å². The molecule has 0 amide bonds. The van der Waals surface area contributed by atoms with Crippen LogP contribution in [0.25, 0.3) is 0 Å². The van der Waals surface area contributed by atoms with Crippen molar-refractivity contribution in [2.45, 2.75) is 31.5 Å². The minimum absolute atomic E-state index is 0.481. The van der Waals surface area contributed by atoms with Crippen LogP contribution in [0.4, 0.5) is 5.95 Å². The van der Waals surface area contributed by atoms with Crippen LogP contribution in [0.15, 0.2) is 36.5 Å². The number of benzene rings is 1. The minimum Gasteiger partial charge on any atom is -0.351 e. The summed E-state index contributed by atoms with van der Waals surface area (Å²) in [7, 11) is 0. The van der Waals surface area contributed by atoms with Gasteiger partial charge in [0.15, 0.2) is 0 Å². The summed E-state index contributed by atoms with van der Waals surface area (Å²) in [5, 5.41) is 6.73. The second kappa shape index (κ2) is 4.31. The monoisotopic (exact) mass is 252 g/mol. The zero-order valence-electron chi connectivity index (χ0n) is 10.6. The maximum Gasteiger partial charge on any atom is 0.223 e. The van der Waals surface area contributed by atoms with Crippen LogP contribution in [-0.2, 0) is 13.1 Å². The molecule has 96 valence electrons. The van der Waals surface area contributed by atoms with Crippen LogP contribution in [-0.4, -0.2) is 16.0 Å². The van der Waals surface area contributed by atoms with Gasteiger partial charge in [-0.1, -0.05) is 30.3 Å². The van der Waals surface area contributed by atoms with Crippen LogP contribution in [0.2, 0.25) is 0 Å². The second-order valence-corrected chi connectivity index (χ2v) is 5.27. The zero-order valence-corrected chi connectivity index (χ0v) is 10.6. The second-order valence-electron chi connectivity index (χ2n) is 5.27. The molecule has 2 atom stereocenters. The third-order valence-electron chi connectivity index (χ3n) is 3.89. The molecule has 4 rings (SSSR count). The summed E-state index contributed by atoms with van der Waals surface area (Å²) in [6.45, 7) is 1.75. The van der Waals surface area contributed by atoms with Gasteiger partial charge >= 0.3 is 0 Å². The molecule has 1 saturated carbocycles. The van der Waals surface area contributed by atoms with Gasteiger partial charge in [0, 0.05) is 36.8 Å². The van der Waals surface area contributed by atoms with Gasteiger partial charge in [-0.2, -0.15) is 0 Å². The Balaban J connectivity index is 1.46. The highest BCUT2D eigenvalue weighted by atomic mass is 15.1. The Morgan fingerprint density at radius 2 is 2.05 bits per heavy atom. The number of hydrogen-bond donors (Lipinski definition) is 2. The van der Waals surface area contributed by atoms with E-state index in [2.05, 4.69) is 50.9 Å². The maximum absolute atomic E-state index is 4.58. The van der Waals surface area contributed by atoms with Gasteiger partial charge in [0.2, 0.25) is 5.95 Å². The molecule has 0 bridgehead atoms. The van der Waals surface area contributed by atoms with Crippen molar-refractivity contribution in [1.29, 1.82) is 0 Å². The predicted molar refractivity (Wildman–Crippen MR) is 73.8 cm³/mol. The highest BCUT2D eigenvalue weighted by molar-refractivity contribution is 5.38. The average Bonchev–Trinajstić information content (AvgIpc) is 3.06. The first-order valence-corrected chi connectivity index (χ1v) is 6.77. The van der Waals surface area contributed by atoms with Gasteiger partial charge in [-0.3, -0.25) is 0 Å². The van der Waals surface area contributed by atoms with E-state index in [4.69, 9.17) is 0 Å². The smallest absolute Gasteiger partial charge is 0.223 e. The summed E-state index contributed by atoms with van der Waals surface area (Å²) >= 11 is 0. The van der Waals surface area contributed by atoms with Gasteiger partial charge in [0.1, 0.15) is 0 Å². The molecular weight excluding hydrogens is 236 g/mol. The molecule has 0 saturated heterocycles. The van der Waals surface area contributed by atoms with Crippen molar-refractivity contribution in [3.05, 3.63) is 53.3 Å². The Hall–Kier alpha value is -1.94. The topological polar surface area (TPSA) is 49.8 Å². The molecule has 4 nitrogen and oxygen atoms in total. The molecule has 0 spiro atoms. The van der Waals surface area contributed by atoms with Gasteiger partial charge in [0.05, 0.1) is 5.69 Å². The Morgan fingerprint density at radius 3 is 2.95 bits per heavy atom. The van der Waals surface area contributed by atoms with Crippen LogP contribution in [0.1, 0.15) is 29.2 Å². The van der Waals surface area contributed by atoms with Crippen LogP contribution >= 0.6 is 0 Å². The van der Waals surface area contributed by atoms with E-state index >= 15 is 0 Å². The van der Waals surface area contributed by atoms with Crippen LogP contribution in [0.5, 0.6) is 0 Å². The number of hydrogen-bond acceptors (Lipinski definition) is 4. The van der Waals surface area contributed by atoms with Crippen LogP contribution in [0.3, 0.4) is 0 Å². The van der Waals surface area contributed by atoms with Gasteiger partial charge in [0.25, 0.3) is 0 Å². The zero-order chi connectivity index (χ0) is 12.7. The fraction of sp³-hybridized carbons (Fsp3) is 0.333. The summed E-state index contributed by atoms with van der Waals surface area (Å²) in [6.07, 6.45) is 3.10. The predicted octanol–water partition coefficient (Wildman–Crippen LogP) is 2.05. The molecule has 1 aliphatic heterocycles. The number of anilines is 1. The molecular formula is C15H16N4. The lowest BCUT2D eigenvalue weighted by molar-refractivity contribution is 0.757. The van der Waals surface area contributed by atoms with Crippen LogP contribution < -0.4 is 10.6 Å². The first kappa shape index (κ1) is 10.9. The Kier molecular flexibility index (Phi) is 2.48. The van der Waals surface area contributed by atoms with Gasteiger partial charge < -0.3 is 10.6 Å². The van der Waals surface area contributed by atoms with Crippen molar-refractivity contribution in [1.82, 2.24) is 15.3 Å². The molecule has 1 fully saturated rings. The normalized spacial score (nSPS) is 24.0.